The van der Waals surface area contributed by atoms with E-state index in [0.717, 1.165) is 71.7 Å². The van der Waals surface area contributed by atoms with E-state index in [0.29, 0.717) is 17.5 Å². The van der Waals surface area contributed by atoms with Gasteiger partial charge < -0.3 is 8.83 Å². The molecule has 0 aliphatic heterocycles. The molecule has 0 amide bonds. The van der Waals surface area contributed by atoms with Crippen molar-refractivity contribution in [2.75, 3.05) is 0 Å². The van der Waals surface area contributed by atoms with E-state index >= 15 is 0 Å². The molecule has 3 aromatic heterocycles. The molecule has 0 saturated heterocycles. The molecule has 224 valence electrons. The maximum absolute atomic E-state index is 6.66. The predicted octanol–water partition coefficient (Wildman–Crippen LogP) is 11.5. The third-order valence-electron chi connectivity index (χ3n) is 9.14. The summed E-state index contributed by atoms with van der Waals surface area (Å²) >= 11 is 0. The minimum Gasteiger partial charge on any atom is -0.456 e. The zero-order chi connectivity index (χ0) is 31.6. The van der Waals surface area contributed by atoms with Gasteiger partial charge in [0.05, 0.1) is 0 Å². The summed E-state index contributed by atoms with van der Waals surface area (Å²) in [5, 5.41) is 6.58. The van der Waals surface area contributed by atoms with E-state index in [4.69, 9.17) is 23.8 Å². The Morgan fingerprint density at radius 3 is 1.75 bits per heavy atom. The van der Waals surface area contributed by atoms with E-state index in [1.807, 2.05) is 78.9 Å². The highest BCUT2D eigenvalue weighted by molar-refractivity contribution is 6.20. The number of furan rings is 2. The van der Waals surface area contributed by atoms with Crippen LogP contribution in [0.25, 0.3) is 99.9 Å². The van der Waals surface area contributed by atoms with Crippen molar-refractivity contribution in [2.45, 2.75) is 0 Å². The van der Waals surface area contributed by atoms with Gasteiger partial charge in [-0.05, 0) is 52.7 Å². The van der Waals surface area contributed by atoms with Crippen LogP contribution in [0.1, 0.15) is 0 Å². The van der Waals surface area contributed by atoms with Crippen molar-refractivity contribution >= 4 is 54.6 Å². The van der Waals surface area contributed by atoms with Crippen LogP contribution in [0.5, 0.6) is 0 Å². The van der Waals surface area contributed by atoms with Crippen LogP contribution in [-0.2, 0) is 0 Å². The third kappa shape index (κ3) is 4.15. The van der Waals surface area contributed by atoms with E-state index in [1.54, 1.807) is 0 Å². The van der Waals surface area contributed by atoms with Crippen LogP contribution in [0.15, 0.2) is 160 Å². The first kappa shape index (κ1) is 26.6. The van der Waals surface area contributed by atoms with Crippen LogP contribution < -0.4 is 0 Å². The zero-order valence-corrected chi connectivity index (χ0v) is 25.6. The lowest BCUT2D eigenvalue weighted by Crippen LogP contribution is -2.00. The Labute approximate surface area is 274 Å². The van der Waals surface area contributed by atoms with Crippen LogP contribution in [0.3, 0.4) is 0 Å². The molecule has 0 aliphatic carbocycles. The molecule has 0 saturated carbocycles. The fraction of sp³-hybridized carbons (Fsp3) is 0. The molecule has 0 aliphatic rings. The van der Waals surface area contributed by atoms with E-state index < -0.39 is 0 Å². The van der Waals surface area contributed by atoms with Gasteiger partial charge in [-0.2, -0.15) is 0 Å². The normalized spacial score (nSPS) is 11.8. The number of hydrogen-bond acceptors (Lipinski definition) is 5. The highest BCUT2D eigenvalue weighted by Crippen LogP contribution is 2.43. The summed E-state index contributed by atoms with van der Waals surface area (Å²) in [6.45, 7) is 0. The van der Waals surface area contributed by atoms with Gasteiger partial charge in [0, 0.05) is 43.8 Å². The summed E-state index contributed by atoms with van der Waals surface area (Å²) in [4.78, 5) is 15.0. The molecule has 7 aromatic carbocycles. The Balaban J connectivity index is 1.21. The topological polar surface area (TPSA) is 65.0 Å². The lowest BCUT2D eigenvalue weighted by molar-refractivity contribution is 0.668. The molecule has 0 unspecified atom stereocenters. The van der Waals surface area contributed by atoms with E-state index in [-0.39, 0.29) is 0 Å². The van der Waals surface area contributed by atoms with Crippen molar-refractivity contribution in [3.05, 3.63) is 152 Å². The van der Waals surface area contributed by atoms with Crippen LogP contribution in [0.4, 0.5) is 0 Å². The summed E-state index contributed by atoms with van der Waals surface area (Å²) in [7, 11) is 0. The van der Waals surface area contributed by atoms with Crippen molar-refractivity contribution in [3.63, 3.8) is 0 Å². The average Bonchev–Trinajstić information content (AvgIpc) is 3.74. The summed E-state index contributed by atoms with van der Waals surface area (Å²) in [6, 6.07) is 51.5. The molecule has 0 spiro atoms. The fourth-order valence-corrected chi connectivity index (χ4v) is 6.88. The molecule has 5 nitrogen and oxygen atoms in total. The van der Waals surface area contributed by atoms with Crippen molar-refractivity contribution < 1.29 is 8.83 Å². The highest BCUT2D eigenvalue weighted by Gasteiger charge is 2.21. The summed E-state index contributed by atoms with van der Waals surface area (Å²) < 4.78 is 13.1. The van der Waals surface area contributed by atoms with Gasteiger partial charge in [-0.1, -0.05) is 115 Å². The molecular weight excluding hydrogens is 590 g/mol. The molecule has 3 heterocycles. The van der Waals surface area contributed by atoms with Crippen molar-refractivity contribution in [2.24, 2.45) is 0 Å². The second-order valence-electron chi connectivity index (χ2n) is 12.0. The molecule has 0 N–H and O–H groups in total. The van der Waals surface area contributed by atoms with Gasteiger partial charge in [0.15, 0.2) is 17.5 Å². The van der Waals surface area contributed by atoms with Gasteiger partial charge >= 0.3 is 0 Å². The molecule has 10 rings (SSSR count). The first-order valence-corrected chi connectivity index (χ1v) is 15.9. The SMILES string of the molecule is c1ccc(-c2nc(-c3ccccc3)nc(-c3ccc(-c4ccc5c(c4)oc4ccc6ccccc6c45)c4oc5ccccc5c34)n2)cc1. The van der Waals surface area contributed by atoms with Gasteiger partial charge in [-0.25, -0.2) is 15.0 Å². The maximum Gasteiger partial charge on any atom is 0.164 e. The number of fused-ring (bicyclic) bond motifs is 8. The Bertz CT molecular complexity index is 2780. The van der Waals surface area contributed by atoms with E-state index in [9.17, 15) is 0 Å². The van der Waals surface area contributed by atoms with Gasteiger partial charge in [0.2, 0.25) is 0 Å². The largest absolute Gasteiger partial charge is 0.456 e. The highest BCUT2D eigenvalue weighted by atomic mass is 16.3. The Morgan fingerprint density at radius 1 is 0.354 bits per heavy atom. The van der Waals surface area contributed by atoms with Crippen molar-refractivity contribution in [3.8, 4) is 45.3 Å². The monoisotopic (exact) mass is 615 g/mol. The zero-order valence-electron chi connectivity index (χ0n) is 25.6. The minimum atomic E-state index is 0.588. The Hall–Kier alpha value is -6.59. The van der Waals surface area contributed by atoms with Crippen LogP contribution >= 0.6 is 0 Å². The quantitative estimate of drug-likeness (QED) is 0.197. The van der Waals surface area contributed by atoms with Crippen LogP contribution in [-0.4, -0.2) is 15.0 Å². The number of aromatic nitrogens is 3. The first-order chi connectivity index (χ1) is 23.8. The predicted molar refractivity (Wildman–Crippen MR) is 194 cm³/mol. The molecule has 0 bridgehead atoms. The second kappa shape index (κ2) is 10.5. The third-order valence-corrected chi connectivity index (χ3v) is 9.14. The van der Waals surface area contributed by atoms with Gasteiger partial charge in [-0.15, -0.1) is 0 Å². The standard InChI is InChI=1S/C43H25N3O2/c1-3-12-27(13-4-1)41-44-42(28-14-5-2-6-15-28)46-43(45-41)34-23-22-31(40-39(34)32-17-9-10-18-35(32)48-40)29-19-21-33-37(25-29)47-36-24-20-26-11-7-8-16-30(26)38(33)36/h1-25H. The van der Waals surface area contributed by atoms with Gasteiger partial charge in [0.25, 0.3) is 0 Å². The van der Waals surface area contributed by atoms with Crippen molar-refractivity contribution in [1.29, 1.82) is 0 Å². The number of benzene rings is 7. The molecular formula is C43H25N3O2. The minimum absolute atomic E-state index is 0.588. The van der Waals surface area contributed by atoms with Gasteiger partial charge in [0.1, 0.15) is 22.3 Å². The summed E-state index contributed by atoms with van der Waals surface area (Å²) in [5.74, 6) is 1.82. The van der Waals surface area contributed by atoms with E-state index in [1.165, 1.54) is 10.8 Å². The molecule has 10 aromatic rings. The molecule has 0 fully saturated rings. The molecule has 0 radical (unpaired) electrons. The van der Waals surface area contributed by atoms with Crippen molar-refractivity contribution in [1.82, 2.24) is 15.0 Å². The van der Waals surface area contributed by atoms with Crippen LogP contribution in [0.2, 0.25) is 0 Å². The first-order valence-electron chi connectivity index (χ1n) is 15.9. The number of hydrogen-bond donors (Lipinski definition) is 0. The number of nitrogens with zero attached hydrogens (tertiary/aromatic N) is 3. The molecule has 5 heteroatoms. The summed E-state index contributed by atoms with van der Waals surface area (Å²) in [6.07, 6.45) is 0. The Morgan fingerprint density at radius 2 is 0.979 bits per heavy atom. The number of rotatable bonds is 4. The lowest BCUT2D eigenvalue weighted by atomic mass is 9.97. The average molecular weight is 616 g/mol. The number of para-hydroxylation sites is 1. The van der Waals surface area contributed by atoms with Crippen LogP contribution in [0, 0.1) is 0 Å². The molecule has 48 heavy (non-hydrogen) atoms. The maximum atomic E-state index is 6.66. The van der Waals surface area contributed by atoms with E-state index in [2.05, 4.69) is 72.8 Å². The molecule has 0 atom stereocenters. The second-order valence-corrected chi connectivity index (χ2v) is 12.0. The van der Waals surface area contributed by atoms with Gasteiger partial charge in [-0.3, -0.25) is 0 Å². The fourth-order valence-electron chi connectivity index (χ4n) is 6.88. The smallest absolute Gasteiger partial charge is 0.164 e. The Kier molecular flexibility index (Phi) is 5.81. The lowest BCUT2D eigenvalue weighted by Gasteiger charge is -2.11. The summed E-state index contributed by atoms with van der Waals surface area (Å²) in [5.41, 5.74) is 8.01.